The van der Waals surface area contributed by atoms with Crippen LogP contribution in [0.4, 0.5) is 8.78 Å². The zero-order valence-electron chi connectivity index (χ0n) is 16.6. The fourth-order valence-electron chi connectivity index (χ4n) is 4.44. The third kappa shape index (κ3) is 3.50. The summed E-state index contributed by atoms with van der Waals surface area (Å²) in [5.74, 6) is 1.38. The molecule has 9 heteroatoms. The van der Waals surface area contributed by atoms with Crippen molar-refractivity contribution in [3.05, 3.63) is 54.1 Å². The van der Waals surface area contributed by atoms with Gasteiger partial charge in [-0.2, -0.15) is 0 Å². The zero-order valence-corrected chi connectivity index (χ0v) is 17.4. The molecular weight excluding hydrogens is 406 g/mol. The first-order chi connectivity index (χ1) is 14.6. The summed E-state index contributed by atoms with van der Waals surface area (Å²) in [7, 11) is 1.84. The number of aromatic nitrogens is 5. The average molecular weight is 429 g/mol. The smallest absolute Gasteiger partial charge is 0.191 e. The number of hydrogen-bond acceptors (Lipinski definition) is 6. The number of halogens is 2. The third-order valence-electron chi connectivity index (χ3n) is 6.09. The van der Waals surface area contributed by atoms with E-state index in [-0.39, 0.29) is 5.41 Å². The quantitative estimate of drug-likeness (QED) is 0.425. The van der Waals surface area contributed by atoms with E-state index in [2.05, 4.69) is 25.1 Å². The van der Waals surface area contributed by atoms with Crippen LogP contribution in [0.2, 0.25) is 0 Å². The lowest BCUT2D eigenvalue weighted by Crippen LogP contribution is -2.28. The number of likely N-dealkylation sites (tertiary alicyclic amines) is 1. The molecule has 5 rings (SSSR count). The molecule has 1 aromatic carbocycles. The van der Waals surface area contributed by atoms with E-state index in [9.17, 15) is 8.78 Å². The van der Waals surface area contributed by atoms with E-state index in [1.54, 1.807) is 11.8 Å². The lowest BCUT2D eigenvalue weighted by molar-refractivity contribution is 0.297. The molecule has 0 bridgehead atoms. The van der Waals surface area contributed by atoms with E-state index in [4.69, 9.17) is 0 Å². The predicted octanol–water partition coefficient (Wildman–Crippen LogP) is 3.31. The average Bonchev–Trinajstić information content (AvgIpc) is 3.14. The first kappa shape index (κ1) is 19.6. The Morgan fingerprint density at radius 1 is 1.17 bits per heavy atom. The Morgan fingerprint density at radius 3 is 2.80 bits per heavy atom. The minimum Gasteiger partial charge on any atom is -0.305 e. The van der Waals surface area contributed by atoms with Gasteiger partial charge in [-0.15, -0.1) is 10.2 Å². The summed E-state index contributed by atoms with van der Waals surface area (Å²) >= 11 is 1.63. The molecule has 156 valence electrons. The van der Waals surface area contributed by atoms with Crippen molar-refractivity contribution in [2.24, 2.45) is 13.0 Å². The fourth-order valence-corrected chi connectivity index (χ4v) is 5.27. The topological polar surface area (TPSA) is 59.7 Å². The molecule has 0 amide bonds. The van der Waals surface area contributed by atoms with Crippen molar-refractivity contribution in [2.45, 2.75) is 23.4 Å². The van der Waals surface area contributed by atoms with E-state index in [1.807, 2.05) is 30.1 Å². The number of piperidine rings is 1. The van der Waals surface area contributed by atoms with Gasteiger partial charge in [0.05, 0.1) is 0 Å². The number of nitrogens with zero attached hydrogens (tertiary/aromatic N) is 6. The predicted molar refractivity (Wildman–Crippen MR) is 110 cm³/mol. The van der Waals surface area contributed by atoms with Gasteiger partial charge in [0.2, 0.25) is 0 Å². The van der Waals surface area contributed by atoms with Crippen molar-refractivity contribution < 1.29 is 8.78 Å². The molecule has 2 fully saturated rings. The van der Waals surface area contributed by atoms with Gasteiger partial charge in [-0.1, -0.05) is 11.8 Å². The van der Waals surface area contributed by atoms with E-state index in [1.165, 1.54) is 12.5 Å². The molecule has 1 aliphatic carbocycles. The van der Waals surface area contributed by atoms with Gasteiger partial charge in [0.25, 0.3) is 0 Å². The summed E-state index contributed by atoms with van der Waals surface area (Å²) in [4.78, 5) is 11.5. The first-order valence-electron chi connectivity index (χ1n) is 10.0. The molecule has 3 aromatic rings. The highest BCUT2D eigenvalue weighted by Gasteiger charge is 2.62. The van der Waals surface area contributed by atoms with Crippen LogP contribution in [0.1, 0.15) is 18.7 Å². The van der Waals surface area contributed by atoms with Crippen LogP contribution in [0.15, 0.2) is 41.8 Å². The highest BCUT2D eigenvalue weighted by Crippen LogP contribution is 2.57. The lowest BCUT2D eigenvalue weighted by atomic mass is 10.1. The Hall–Kier alpha value is -2.39. The van der Waals surface area contributed by atoms with E-state index < -0.39 is 11.6 Å². The SMILES string of the molecule is Cn1c(SCCCN2CC3CC3(c3ncccn3)C2)nnc1-c1ccc(F)c(F)c1. The van der Waals surface area contributed by atoms with Crippen LogP contribution in [0.3, 0.4) is 0 Å². The maximum atomic E-state index is 13.5. The van der Waals surface area contributed by atoms with E-state index >= 15 is 0 Å². The summed E-state index contributed by atoms with van der Waals surface area (Å²) in [6.07, 6.45) is 5.91. The molecule has 2 unspecified atom stereocenters. The Kier molecular flexibility index (Phi) is 5.02. The third-order valence-corrected chi connectivity index (χ3v) is 7.20. The van der Waals surface area contributed by atoms with Crippen molar-refractivity contribution in [1.29, 1.82) is 0 Å². The monoisotopic (exact) mass is 428 g/mol. The summed E-state index contributed by atoms with van der Waals surface area (Å²) < 4.78 is 28.5. The molecule has 1 saturated carbocycles. The van der Waals surface area contributed by atoms with Gasteiger partial charge in [-0.25, -0.2) is 18.7 Å². The van der Waals surface area contributed by atoms with Crippen molar-refractivity contribution in [3.63, 3.8) is 0 Å². The largest absolute Gasteiger partial charge is 0.305 e. The molecule has 0 N–H and O–H groups in total. The number of thioether (sulfide) groups is 1. The van der Waals surface area contributed by atoms with Crippen LogP contribution < -0.4 is 0 Å². The Bertz CT molecular complexity index is 1060. The van der Waals surface area contributed by atoms with Crippen LogP contribution in [0.5, 0.6) is 0 Å². The summed E-state index contributed by atoms with van der Waals surface area (Å²) in [5, 5.41) is 9.13. The van der Waals surface area contributed by atoms with Crippen molar-refractivity contribution in [1.82, 2.24) is 29.6 Å². The second-order valence-electron chi connectivity index (χ2n) is 8.06. The molecule has 2 aliphatic rings. The second kappa shape index (κ2) is 7.70. The molecule has 2 aromatic heterocycles. The Labute approximate surface area is 177 Å². The Morgan fingerprint density at radius 2 is 2.00 bits per heavy atom. The summed E-state index contributed by atoms with van der Waals surface area (Å²) in [6.45, 7) is 3.19. The van der Waals surface area contributed by atoms with E-state index in [0.29, 0.717) is 17.3 Å². The van der Waals surface area contributed by atoms with Gasteiger partial charge in [-0.3, -0.25) is 0 Å². The van der Waals surface area contributed by atoms with Crippen molar-refractivity contribution in [2.75, 3.05) is 25.4 Å². The molecule has 6 nitrogen and oxygen atoms in total. The minimum atomic E-state index is -0.882. The standard InChI is InChI=1S/C21H22F2N6S/c1-28-18(14-4-5-16(22)17(23)10-14)26-27-20(28)30-9-3-8-29-12-15-11-21(15,13-29)19-24-6-2-7-25-19/h2,4-7,10,15H,3,8-9,11-13H2,1H3. The van der Waals surface area contributed by atoms with Gasteiger partial charge in [0, 0.05) is 49.3 Å². The highest BCUT2D eigenvalue weighted by atomic mass is 32.2. The van der Waals surface area contributed by atoms with Gasteiger partial charge in [0.1, 0.15) is 5.82 Å². The molecule has 0 spiro atoms. The van der Waals surface area contributed by atoms with Crippen LogP contribution in [0.25, 0.3) is 11.4 Å². The van der Waals surface area contributed by atoms with Crippen LogP contribution in [-0.4, -0.2) is 55.0 Å². The van der Waals surface area contributed by atoms with Gasteiger partial charge >= 0.3 is 0 Å². The van der Waals surface area contributed by atoms with Crippen LogP contribution in [0, 0.1) is 17.6 Å². The first-order valence-corrected chi connectivity index (χ1v) is 11.0. The summed E-state index contributed by atoms with van der Waals surface area (Å²) in [6, 6.07) is 5.65. The van der Waals surface area contributed by atoms with Gasteiger partial charge in [-0.05, 0) is 49.6 Å². The molecule has 2 atom stereocenters. The normalized spacial score (nSPS) is 23.0. The highest BCUT2D eigenvalue weighted by molar-refractivity contribution is 7.99. The molecule has 0 radical (unpaired) electrons. The molecule has 3 heterocycles. The maximum Gasteiger partial charge on any atom is 0.191 e. The second-order valence-corrected chi connectivity index (χ2v) is 9.12. The minimum absolute atomic E-state index is 0.178. The van der Waals surface area contributed by atoms with Crippen molar-refractivity contribution >= 4 is 11.8 Å². The molecular formula is C21H22F2N6S. The number of rotatable bonds is 7. The molecule has 1 saturated heterocycles. The summed E-state index contributed by atoms with van der Waals surface area (Å²) in [5.41, 5.74) is 0.692. The zero-order chi connectivity index (χ0) is 20.7. The van der Waals surface area contributed by atoms with Crippen LogP contribution in [-0.2, 0) is 12.5 Å². The lowest BCUT2D eigenvalue weighted by Gasteiger charge is -2.19. The number of hydrogen-bond donors (Lipinski definition) is 0. The number of benzene rings is 1. The van der Waals surface area contributed by atoms with Gasteiger partial charge < -0.3 is 9.47 Å². The van der Waals surface area contributed by atoms with Crippen LogP contribution >= 0.6 is 11.8 Å². The van der Waals surface area contributed by atoms with E-state index in [0.717, 1.165) is 54.9 Å². The van der Waals surface area contributed by atoms with Crippen molar-refractivity contribution in [3.8, 4) is 11.4 Å². The Balaban J connectivity index is 1.13. The number of fused-ring (bicyclic) bond motifs is 1. The molecule has 30 heavy (non-hydrogen) atoms. The fraction of sp³-hybridized carbons (Fsp3) is 0.429. The molecule has 1 aliphatic heterocycles. The van der Waals surface area contributed by atoms with Gasteiger partial charge in [0.15, 0.2) is 22.6 Å². The maximum absolute atomic E-state index is 13.5.